The number of fused-ring (bicyclic) bond motifs is 1. The second-order valence-corrected chi connectivity index (χ2v) is 11.2. The van der Waals surface area contributed by atoms with Crippen molar-refractivity contribution in [1.82, 2.24) is 20.6 Å². The Bertz CT molecular complexity index is 1960. The topological polar surface area (TPSA) is 131 Å². The molecule has 8 nitrogen and oxygen atoms in total. The van der Waals surface area contributed by atoms with Crippen LogP contribution in [0.4, 0.5) is 4.79 Å². The number of hydrogen-bond acceptors (Lipinski definition) is 4. The standard InChI is InChI=1S/C37H28ClN5O3/c38-30-20-24(23-39)16-18-29(30)25-17-19-31-32(21-25)41-35(40-31)33(42-36(45)46)22-34(44)43-37(26-10-4-1-5-11-26,27-12-6-2-7-13-27)28-14-8-3-9-15-28/h1-21,33,42H,22H2,(H,40,41)(H,43,44)(H,45,46). The highest BCUT2D eigenvalue weighted by atomic mass is 35.5. The lowest BCUT2D eigenvalue weighted by molar-refractivity contribution is -0.122. The van der Waals surface area contributed by atoms with Gasteiger partial charge >= 0.3 is 6.09 Å². The van der Waals surface area contributed by atoms with Crippen LogP contribution in [0.5, 0.6) is 0 Å². The number of carboxylic acid groups (broad SMARTS) is 1. The van der Waals surface area contributed by atoms with E-state index in [4.69, 9.17) is 11.6 Å². The molecule has 9 heteroatoms. The molecular formula is C37H28ClN5O3. The molecule has 0 aliphatic heterocycles. The van der Waals surface area contributed by atoms with Crippen LogP contribution in [0.15, 0.2) is 127 Å². The molecule has 0 saturated heterocycles. The van der Waals surface area contributed by atoms with Gasteiger partial charge in [0.2, 0.25) is 5.91 Å². The summed E-state index contributed by atoms with van der Waals surface area (Å²) in [4.78, 5) is 33.8. The van der Waals surface area contributed by atoms with Crippen molar-refractivity contribution in [3.8, 4) is 17.2 Å². The molecule has 4 N–H and O–H groups in total. The molecule has 0 radical (unpaired) electrons. The molecule has 5 aromatic carbocycles. The summed E-state index contributed by atoms with van der Waals surface area (Å²) in [6.07, 6.45) is -1.52. The van der Waals surface area contributed by atoms with Crippen LogP contribution in [-0.4, -0.2) is 27.1 Å². The van der Waals surface area contributed by atoms with Crippen LogP contribution in [0.2, 0.25) is 5.02 Å². The minimum atomic E-state index is -1.29. The van der Waals surface area contributed by atoms with E-state index in [1.54, 1.807) is 24.3 Å². The number of carbonyl (C=O) groups is 2. The highest BCUT2D eigenvalue weighted by Gasteiger charge is 2.38. The zero-order valence-electron chi connectivity index (χ0n) is 24.4. The summed E-state index contributed by atoms with van der Waals surface area (Å²) in [5.74, 6) is -0.0961. The van der Waals surface area contributed by atoms with E-state index in [1.165, 1.54) is 0 Å². The highest BCUT2D eigenvalue weighted by Crippen LogP contribution is 2.37. The van der Waals surface area contributed by atoms with E-state index < -0.39 is 17.7 Å². The number of aromatic nitrogens is 2. The molecule has 6 rings (SSSR count). The van der Waals surface area contributed by atoms with E-state index in [-0.39, 0.29) is 12.3 Å². The predicted molar refractivity (Wildman–Crippen MR) is 177 cm³/mol. The number of aromatic amines is 1. The molecule has 1 heterocycles. The van der Waals surface area contributed by atoms with Gasteiger partial charge < -0.3 is 20.7 Å². The van der Waals surface area contributed by atoms with Crippen molar-refractivity contribution < 1.29 is 14.7 Å². The number of benzene rings is 5. The molecule has 1 aromatic heterocycles. The van der Waals surface area contributed by atoms with Gasteiger partial charge in [-0.15, -0.1) is 0 Å². The smallest absolute Gasteiger partial charge is 0.405 e. The van der Waals surface area contributed by atoms with Gasteiger partial charge in [0.1, 0.15) is 11.4 Å². The van der Waals surface area contributed by atoms with Gasteiger partial charge in [-0.05, 0) is 46.5 Å². The molecule has 226 valence electrons. The van der Waals surface area contributed by atoms with E-state index in [0.29, 0.717) is 27.4 Å². The fourth-order valence-electron chi connectivity index (χ4n) is 5.77. The van der Waals surface area contributed by atoms with Gasteiger partial charge in [0.15, 0.2) is 0 Å². The molecular weight excluding hydrogens is 598 g/mol. The molecule has 0 aliphatic carbocycles. The van der Waals surface area contributed by atoms with Crippen LogP contribution in [-0.2, 0) is 10.3 Å². The average molecular weight is 626 g/mol. The third-order valence-corrected chi connectivity index (χ3v) is 8.19. The molecule has 1 unspecified atom stereocenters. The molecule has 0 aliphatic rings. The van der Waals surface area contributed by atoms with Crippen LogP contribution in [0, 0.1) is 11.3 Å². The van der Waals surface area contributed by atoms with Crippen molar-refractivity contribution in [2.24, 2.45) is 0 Å². The summed E-state index contributed by atoms with van der Waals surface area (Å²) in [5.41, 5.74) is 4.69. The number of carbonyl (C=O) groups excluding carboxylic acids is 1. The van der Waals surface area contributed by atoms with Crippen molar-refractivity contribution in [3.05, 3.63) is 160 Å². The molecule has 46 heavy (non-hydrogen) atoms. The first-order valence-corrected chi connectivity index (χ1v) is 14.9. The van der Waals surface area contributed by atoms with E-state index in [0.717, 1.165) is 27.8 Å². The van der Waals surface area contributed by atoms with E-state index >= 15 is 0 Å². The first-order valence-electron chi connectivity index (χ1n) is 14.5. The maximum Gasteiger partial charge on any atom is 0.405 e. The Hall–Kier alpha value is -5.91. The Morgan fingerprint density at radius 2 is 1.43 bits per heavy atom. The Kier molecular flexibility index (Phi) is 8.50. The zero-order valence-corrected chi connectivity index (χ0v) is 25.2. The monoisotopic (exact) mass is 625 g/mol. The van der Waals surface area contributed by atoms with Crippen molar-refractivity contribution in [1.29, 1.82) is 5.26 Å². The number of halogens is 1. The fourth-order valence-corrected chi connectivity index (χ4v) is 6.06. The van der Waals surface area contributed by atoms with E-state index in [2.05, 4.69) is 26.7 Å². The normalized spacial score (nSPS) is 11.8. The molecule has 0 bridgehead atoms. The number of imidazole rings is 1. The van der Waals surface area contributed by atoms with Gasteiger partial charge in [0.25, 0.3) is 0 Å². The number of amides is 2. The quantitative estimate of drug-likeness (QED) is 0.123. The maximum absolute atomic E-state index is 14.1. The highest BCUT2D eigenvalue weighted by molar-refractivity contribution is 6.33. The van der Waals surface area contributed by atoms with E-state index in [1.807, 2.05) is 103 Å². The van der Waals surface area contributed by atoms with Crippen molar-refractivity contribution in [3.63, 3.8) is 0 Å². The summed E-state index contributed by atoms with van der Waals surface area (Å²) in [6, 6.07) is 40.7. The van der Waals surface area contributed by atoms with Crippen molar-refractivity contribution >= 4 is 34.6 Å². The first kappa shape index (κ1) is 30.1. The summed E-state index contributed by atoms with van der Waals surface area (Å²) in [5, 5.41) is 25.1. The number of nitriles is 1. The van der Waals surface area contributed by atoms with Crippen LogP contribution >= 0.6 is 11.6 Å². The van der Waals surface area contributed by atoms with Gasteiger partial charge in [-0.3, -0.25) is 4.79 Å². The molecule has 0 spiro atoms. The molecule has 0 fully saturated rings. The Labute approximate surface area is 270 Å². The van der Waals surface area contributed by atoms with Gasteiger partial charge in [0, 0.05) is 10.6 Å². The van der Waals surface area contributed by atoms with Crippen molar-refractivity contribution in [2.75, 3.05) is 0 Å². The van der Waals surface area contributed by atoms with Gasteiger partial charge in [-0.2, -0.15) is 5.26 Å². The number of H-pyrrole nitrogens is 1. The van der Waals surface area contributed by atoms with Crippen molar-refractivity contribution in [2.45, 2.75) is 18.0 Å². The molecule has 6 aromatic rings. The van der Waals surface area contributed by atoms with Gasteiger partial charge in [-0.1, -0.05) is 115 Å². The van der Waals surface area contributed by atoms with Gasteiger partial charge in [-0.25, -0.2) is 9.78 Å². The zero-order chi connectivity index (χ0) is 32.1. The van der Waals surface area contributed by atoms with E-state index in [9.17, 15) is 20.0 Å². The molecule has 1 atom stereocenters. The second-order valence-electron chi connectivity index (χ2n) is 10.8. The summed E-state index contributed by atoms with van der Waals surface area (Å²) in [6.45, 7) is 0. The van der Waals surface area contributed by atoms with Gasteiger partial charge in [0.05, 0.1) is 35.1 Å². The largest absolute Gasteiger partial charge is 0.465 e. The number of nitrogens with zero attached hydrogens (tertiary/aromatic N) is 2. The number of hydrogen-bond donors (Lipinski definition) is 4. The summed E-state index contributed by atoms with van der Waals surface area (Å²) in [7, 11) is 0. The number of rotatable bonds is 9. The van der Waals surface area contributed by atoms with Crippen LogP contribution in [0.1, 0.15) is 40.5 Å². The lowest BCUT2D eigenvalue weighted by atomic mass is 9.77. The lowest BCUT2D eigenvalue weighted by Crippen LogP contribution is -2.48. The average Bonchev–Trinajstić information content (AvgIpc) is 3.51. The van der Waals surface area contributed by atoms with Crippen LogP contribution in [0.3, 0.4) is 0 Å². The third kappa shape index (κ3) is 6.05. The molecule has 2 amide bonds. The predicted octanol–water partition coefficient (Wildman–Crippen LogP) is 7.56. The summed E-state index contributed by atoms with van der Waals surface area (Å²) >= 11 is 6.45. The Balaban J connectivity index is 1.36. The fraction of sp³-hybridized carbons (Fsp3) is 0.0811. The van der Waals surface area contributed by atoms with Crippen LogP contribution < -0.4 is 10.6 Å². The minimum absolute atomic E-state index is 0.228. The second kappa shape index (κ2) is 13.0. The third-order valence-electron chi connectivity index (χ3n) is 7.87. The number of nitrogens with one attached hydrogen (secondary N) is 3. The lowest BCUT2D eigenvalue weighted by Gasteiger charge is -2.37. The SMILES string of the molecule is N#Cc1ccc(-c2ccc3nc(C(CC(=O)NC(c4ccccc4)(c4ccccc4)c4ccccc4)NC(=O)O)[nH]c3c2)c(Cl)c1. The first-order chi connectivity index (χ1) is 22.4. The summed E-state index contributed by atoms with van der Waals surface area (Å²) < 4.78 is 0. The Morgan fingerprint density at radius 3 is 1.96 bits per heavy atom. The Morgan fingerprint density at radius 1 is 0.848 bits per heavy atom. The minimum Gasteiger partial charge on any atom is -0.465 e. The molecule has 0 saturated carbocycles. The maximum atomic E-state index is 14.1. The van der Waals surface area contributed by atoms with Crippen LogP contribution in [0.25, 0.3) is 22.2 Å².